The first kappa shape index (κ1) is 15.0. The van der Waals surface area contributed by atoms with Crippen molar-refractivity contribution in [1.29, 1.82) is 0 Å². The van der Waals surface area contributed by atoms with Crippen LogP contribution in [0.25, 0.3) is 22.4 Å². The molecule has 0 aliphatic rings. The van der Waals surface area contributed by atoms with E-state index in [1.54, 1.807) is 0 Å². The van der Waals surface area contributed by atoms with E-state index < -0.39 is 0 Å². The van der Waals surface area contributed by atoms with E-state index >= 15 is 0 Å². The van der Waals surface area contributed by atoms with Crippen LogP contribution >= 0.6 is 11.6 Å². The molecular formula is C21H17ClN2. The number of aryl methyl sites for hydroxylation is 1. The zero-order valence-electron chi connectivity index (χ0n) is 13.4. The molecule has 0 aliphatic heterocycles. The Morgan fingerprint density at radius 3 is 2.54 bits per heavy atom. The maximum Gasteiger partial charge on any atom is 0.141 e. The maximum absolute atomic E-state index is 6.38. The highest BCUT2D eigenvalue weighted by Crippen LogP contribution is 2.27. The highest BCUT2D eigenvalue weighted by atomic mass is 35.5. The molecule has 0 spiro atoms. The van der Waals surface area contributed by atoms with E-state index in [1.165, 1.54) is 5.56 Å². The Kier molecular flexibility index (Phi) is 3.83. The number of fused-ring (bicyclic) bond motifs is 1. The molecule has 0 radical (unpaired) electrons. The number of para-hydroxylation sites is 2. The second-order valence-electron chi connectivity index (χ2n) is 5.97. The van der Waals surface area contributed by atoms with Gasteiger partial charge in [0.15, 0.2) is 0 Å². The van der Waals surface area contributed by atoms with Gasteiger partial charge in [0.25, 0.3) is 0 Å². The number of aromatic nitrogens is 2. The third-order valence-electron chi connectivity index (χ3n) is 4.22. The first-order valence-electron chi connectivity index (χ1n) is 7.98. The fourth-order valence-corrected chi connectivity index (χ4v) is 3.23. The van der Waals surface area contributed by atoms with Crippen LogP contribution < -0.4 is 0 Å². The number of hydrogen-bond acceptors (Lipinski definition) is 1. The molecule has 0 aliphatic carbocycles. The second kappa shape index (κ2) is 6.14. The minimum absolute atomic E-state index is 0.698. The smallest absolute Gasteiger partial charge is 0.141 e. The number of imidazole rings is 1. The molecule has 0 atom stereocenters. The SMILES string of the molecule is Cc1cccc(-c2nc3ccccc3n2Cc2ccccc2Cl)c1. The molecule has 24 heavy (non-hydrogen) atoms. The van der Waals surface area contributed by atoms with E-state index in [2.05, 4.69) is 54.0 Å². The monoisotopic (exact) mass is 332 g/mol. The van der Waals surface area contributed by atoms with Crippen molar-refractivity contribution in [2.45, 2.75) is 13.5 Å². The van der Waals surface area contributed by atoms with Gasteiger partial charge in [-0.2, -0.15) is 0 Å². The fourth-order valence-electron chi connectivity index (χ4n) is 3.04. The van der Waals surface area contributed by atoms with E-state index in [4.69, 9.17) is 16.6 Å². The maximum atomic E-state index is 6.38. The lowest BCUT2D eigenvalue weighted by atomic mass is 10.1. The predicted molar refractivity (Wildman–Crippen MR) is 100 cm³/mol. The molecular weight excluding hydrogens is 316 g/mol. The summed E-state index contributed by atoms with van der Waals surface area (Å²) in [6, 6.07) is 24.7. The summed E-state index contributed by atoms with van der Waals surface area (Å²) in [6.07, 6.45) is 0. The number of halogens is 1. The van der Waals surface area contributed by atoms with Crippen LogP contribution in [0.5, 0.6) is 0 Å². The van der Waals surface area contributed by atoms with Gasteiger partial charge in [0.2, 0.25) is 0 Å². The van der Waals surface area contributed by atoms with E-state index in [0.717, 1.165) is 33.0 Å². The van der Waals surface area contributed by atoms with E-state index in [1.807, 2.05) is 30.3 Å². The van der Waals surface area contributed by atoms with Crippen molar-refractivity contribution in [3.63, 3.8) is 0 Å². The average molecular weight is 333 g/mol. The van der Waals surface area contributed by atoms with Crippen LogP contribution in [0.2, 0.25) is 5.02 Å². The Morgan fingerprint density at radius 1 is 0.917 bits per heavy atom. The predicted octanol–water partition coefficient (Wildman–Crippen LogP) is 5.71. The van der Waals surface area contributed by atoms with Crippen molar-refractivity contribution < 1.29 is 0 Å². The van der Waals surface area contributed by atoms with Crippen LogP contribution in [-0.2, 0) is 6.54 Å². The van der Waals surface area contributed by atoms with Gasteiger partial charge in [-0.25, -0.2) is 4.98 Å². The highest BCUT2D eigenvalue weighted by molar-refractivity contribution is 6.31. The van der Waals surface area contributed by atoms with Crippen molar-refractivity contribution in [2.75, 3.05) is 0 Å². The lowest BCUT2D eigenvalue weighted by molar-refractivity contribution is 0.834. The summed E-state index contributed by atoms with van der Waals surface area (Å²) in [5, 5.41) is 0.783. The fraction of sp³-hybridized carbons (Fsp3) is 0.0952. The minimum Gasteiger partial charge on any atom is -0.319 e. The molecule has 0 saturated heterocycles. The van der Waals surface area contributed by atoms with Crippen molar-refractivity contribution in [1.82, 2.24) is 9.55 Å². The van der Waals surface area contributed by atoms with Crippen LogP contribution in [0, 0.1) is 6.92 Å². The molecule has 0 N–H and O–H groups in total. The normalized spacial score (nSPS) is 11.1. The Labute approximate surface area is 146 Å². The lowest BCUT2D eigenvalue weighted by Gasteiger charge is -2.11. The first-order chi connectivity index (χ1) is 11.7. The Bertz CT molecular complexity index is 1020. The van der Waals surface area contributed by atoms with Gasteiger partial charge < -0.3 is 4.57 Å². The summed E-state index contributed by atoms with van der Waals surface area (Å²) in [7, 11) is 0. The molecule has 0 bridgehead atoms. The quantitative estimate of drug-likeness (QED) is 0.469. The number of benzene rings is 3. The summed E-state index contributed by atoms with van der Waals surface area (Å²) in [4.78, 5) is 4.87. The first-order valence-corrected chi connectivity index (χ1v) is 8.36. The van der Waals surface area contributed by atoms with E-state index in [0.29, 0.717) is 6.54 Å². The van der Waals surface area contributed by atoms with Crippen molar-refractivity contribution in [3.05, 3.63) is 88.9 Å². The summed E-state index contributed by atoms with van der Waals surface area (Å²) < 4.78 is 2.24. The zero-order valence-corrected chi connectivity index (χ0v) is 14.2. The Hall–Kier alpha value is -2.58. The van der Waals surface area contributed by atoms with Gasteiger partial charge in [-0.15, -0.1) is 0 Å². The van der Waals surface area contributed by atoms with Gasteiger partial charge in [-0.1, -0.05) is 65.7 Å². The van der Waals surface area contributed by atoms with Gasteiger partial charge >= 0.3 is 0 Å². The Morgan fingerprint density at radius 2 is 1.71 bits per heavy atom. The minimum atomic E-state index is 0.698. The zero-order chi connectivity index (χ0) is 16.5. The molecule has 0 unspecified atom stereocenters. The second-order valence-corrected chi connectivity index (χ2v) is 6.38. The molecule has 0 saturated carbocycles. The summed E-state index contributed by atoms with van der Waals surface area (Å²) in [5.74, 6) is 0.972. The lowest BCUT2D eigenvalue weighted by Crippen LogP contribution is -2.03. The molecule has 2 nitrogen and oxygen atoms in total. The van der Waals surface area contributed by atoms with Gasteiger partial charge in [0.1, 0.15) is 5.82 Å². The largest absolute Gasteiger partial charge is 0.319 e. The van der Waals surface area contributed by atoms with Crippen LogP contribution in [0.4, 0.5) is 0 Å². The molecule has 0 amide bonds. The number of nitrogens with zero attached hydrogens (tertiary/aromatic N) is 2. The molecule has 4 rings (SSSR count). The number of rotatable bonds is 3. The summed E-state index contributed by atoms with van der Waals surface area (Å²) in [5.41, 5.74) is 5.56. The van der Waals surface area contributed by atoms with Crippen LogP contribution in [-0.4, -0.2) is 9.55 Å². The van der Waals surface area contributed by atoms with E-state index in [9.17, 15) is 0 Å². The number of hydrogen-bond donors (Lipinski definition) is 0. The molecule has 0 fully saturated rings. The highest BCUT2D eigenvalue weighted by Gasteiger charge is 2.13. The molecule has 3 aromatic carbocycles. The Balaban J connectivity index is 1.92. The average Bonchev–Trinajstić information content (AvgIpc) is 2.96. The summed E-state index contributed by atoms with van der Waals surface area (Å²) >= 11 is 6.38. The van der Waals surface area contributed by atoms with Crippen molar-refractivity contribution in [2.24, 2.45) is 0 Å². The van der Waals surface area contributed by atoms with Crippen molar-refractivity contribution >= 4 is 22.6 Å². The van der Waals surface area contributed by atoms with Crippen LogP contribution in [0.1, 0.15) is 11.1 Å². The van der Waals surface area contributed by atoms with E-state index in [-0.39, 0.29) is 0 Å². The molecule has 3 heteroatoms. The van der Waals surface area contributed by atoms with Gasteiger partial charge in [0, 0.05) is 10.6 Å². The van der Waals surface area contributed by atoms with Crippen LogP contribution in [0.15, 0.2) is 72.8 Å². The molecule has 1 heterocycles. The summed E-state index contributed by atoms with van der Waals surface area (Å²) in [6.45, 7) is 2.80. The van der Waals surface area contributed by atoms with Gasteiger partial charge in [-0.3, -0.25) is 0 Å². The van der Waals surface area contributed by atoms with Crippen molar-refractivity contribution in [3.8, 4) is 11.4 Å². The molecule has 1 aromatic heterocycles. The topological polar surface area (TPSA) is 17.8 Å². The standard InChI is InChI=1S/C21H17ClN2/c1-15-7-6-9-16(13-15)21-23-19-11-4-5-12-20(19)24(21)14-17-8-2-3-10-18(17)22/h2-13H,14H2,1H3. The third kappa shape index (κ3) is 2.70. The van der Waals surface area contributed by atoms with Crippen LogP contribution in [0.3, 0.4) is 0 Å². The molecule has 118 valence electrons. The molecule has 4 aromatic rings. The third-order valence-corrected chi connectivity index (χ3v) is 4.59. The van der Waals surface area contributed by atoms with Gasteiger partial charge in [0.05, 0.1) is 17.6 Å². The van der Waals surface area contributed by atoms with Gasteiger partial charge in [-0.05, 0) is 36.8 Å².